The monoisotopic (exact) mass is 629 g/mol. The molecule has 5 N–H and O–H groups in total. The van der Waals surface area contributed by atoms with Crippen LogP contribution in [0.2, 0.25) is 0 Å². The van der Waals surface area contributed by atoms with Gasteiger partial charge in [-0.25, -0.2) is 4.79 Å². The van der Waals surface area contributed by atoms with Crippen molar-refractivity contribution in [2.24, 2.45) is 29.4 Å². The Hall–Kier alpha value is -2.98. The van der Waals surface area contributed by atoms with Gasteiger partial charge in [0.2, 0.25) is 17.6 Å². The summed E-state index contributed by atoms with van der Waals surface area (Å²) in [7, 11) is 0. The van der Waals surface area contributed by atoms with Crippen molar-refractivity contribution < 1.29 is 28.8 Å². The Labute approximate surface area is 267 Å². The minimum absolute atomic E-state index is 0.0172. The number of rotatable bonds is 8. The van der Waals surface area contributed by atoms with Crippen LogP contribution in [-0.2, 0) is 24.0 Å². The number of Topliss-reactive ketones (excluding diaryl/α,β-unsaturated/α-hetero) is 2. The molecule has 11 nitrogen and oxygen atoms in total. The van der Waals surface area contributed by atoms with Gasteiger partial charge in [0, 0.05) is 12.5 Å². The van der Waals surface area contributed by atoms with E-state index in [1.165, 1.54) is 0 Å². The van der Waals surface area contributed by atoms with Gasteiger partial charge in [0.25, 0.3) is 5.91 Å². The highest BCUT2D eigenvalue weighted by Crippen LogP contribution is 2.36. The molecule has 0 bridgehead atoms. The van der Waals surface area contributed by atoms with Gasteiger partial charge in [0.1, 0.15) is 12.1 Å². The summed E-state index contributed by atoms with van der Waals surface area (Å²) in [4.78, 5) is 80.9. The average Bonchev–Trinajstić information content (AvgIpc) is 3.77. The minimum atomic E-state index is -1.09. The molecule has 4 rings (SSSR count). The van der Waals surface area contributed by atoms with Crippen LogP contribution in [0.1, 0.15) is 123 Å². The number of fused-ring (bicyclic) bond motifs is 1. The molecule has 1 unspecified atom stereocenters. The zero-order chi connectivity index (χ0) is 32.5. The summed E-state index contributed by atoms with van der Waals surface area (Å²) in [6.07, 6.45) is 14.3. The molecule has 2 aliphatic heterocycles. The standard InChI is InChI=1S/C34H55N5O6/c1-21(2)24-19-20-39-28(24)32(43)36-25(30(41)31(35)42)15-11-6-4-3-5-7-12-16-26(33(39)44)37-34(45)38-27(29(40)23-17-18-23)22-13-9-8-10-14-22/h21-28H,3-20H2,1-2H3,(H2,35,42)(H,36,43)(H2,37,38,45)/t24-,25+,26+,27?,28+/m1/s1. The van der Waals surface area contributed by atoms with Crippen LogP contribution in [0, 0.1) is 23.7 Å². The van der Waals surface area contributed by atoms with Crippen molar-refractivity contribution in [3.05, 3.63) is 0 Å². The van der Waals surface area contributed by atoms with Gasteiger partial charge >= 0.3 is 6.03 Å². The summed E-state index contributed by atoms with van der Waals surface area (Å²) in [6, 6.07) is -3.79. The zero-order valence-corrected chi connectivity index (χ0v) is 27.3. The maximum Gasteiger partial charge on any atom is 0.316 e. The number of amides is 5. The van der Waals surface area contributed by atoms with Crippen LogP contribution in [0.4, 0.5) is 4.79 Å². The molecule has 4 fully saturated rings. The molecule has 252 valence electrons. The summed E-state index contributed by atoms with van der Waals surface area (Å²) in [5, 5.41) is 8.70. The van der Waals surface area contributed by atoms with Gasteiger partial charge in [-0.3, -0.25) is 24.0 Å². The summed E-state index contributed by atoms with van der Waals surface area (Å²) < 4.78 is 0. The number of nitrogens with two attached hydrogens (primary N) is 1. The smallest absolute Gasteiger partial charge is 0.316 e. The van der Waals surface area contributed by atoms with E-state index in [2.05, 4.69) is 16.0 Å². The Balaban J connectivity index is 1.55. The number of hydrogen-bond donors (Lipinski definition) is 4. The van der Waals surface area contributed by atoms with Gasteiger partial charge in [0.05, 0.1) is 12.1 Å². The molecule has 11 heteroatoms. The van der Waals surface area contributed by atoms with E-state index in [-0.39, 0.29) is 35.4 Å². The molecule has 2 heterocycles. The molecular weight excluding hydrogens is 574 g/mol. The second-order valence-electron chi connectivity index (χ2n) is 14.2. The Bertz CT molecular complexity index is 1080. The van der Waals surface area contributed by atoms with Crippen molar-refractivity contribution in [3.63, 3.8) is 0 Å². The van der Waals surface area contributed by atoms with Gasteiger partial charge in [-0.15, -0.1) is 0 Å². The third kappa shape index (κ3) is 9.51. The Morgan fingerprint density at radius 1 is 0.800 bits per heavy atom. The van der Waals surface area contributed by atoms with Crippen molar-refractivity contribution in [3.8, 4) is 0 Å². The third-order valence-corrected chi connectivity index (χ3v) is 10.5. The molecule has 0 radical (unpaired) electrons. The first-order valence-corrected chi connectivity index (χ1v) is 17.6. The van der Waals surface area contributed by atoms with E-state index in [0.29, 0.717) is 32.2 Å². The number of urea groups is 1. The van der Waals surface area contributed by atoms with E-state index in [0.717, 1.165) is 83.5 Å². The first-order chi connectivity index (χ1) is 21.6. The Morgan fingerprint density at radius 3 is 1.98 bits per heavy atom. The first-order valence-electron chi connectivity index (χ1n) is 17.6. The summed E-state index contributed by atoms with van der Waals surface area (Å²) in [6.45, 7) is 4.35. The van der Waals surface area contributed by atoms with Crippen LogP contribution < -0.4 is 21.7 Å². The number of hydrogen-bond acceptors (Lipinski definition) is 6. The van der Waals surface area contributed by atoms with Crippen molar-refractivity contribution in [2.75, 3.05) is 6.54 Å². The van der Waals surface area contributed by atoms with Gasteiger partial charge in [-0.05, 0) is 62.7 Å². The van der Waals surface area contributed by atoms with Crippen LogP contribution >= 0.6 is 0 Å². The summed E-state index contributed by atoms with van der Waals surface area (Å²) in [5.41, 5.74) is 5.33. The lowest BCUT2D eigenvalue weighted by Crippen LogP contribution is -2.59. The average molecular weight is 630 g/mol. The number of carbonyl (C=O) groups is 6. The fourth-order valence-electron chi connectivity index (χ4n) is 7.69. The van der Waals surface area contributed by atoms with Crippen LogP contribution in [0.15, 0.2) is 0 Å². The molecule has 2 aliphatic carbocycles. The number of primary amides is 1. The maximum atomic E-state index is 14.2. The maximum absolute atomic E-state index is 14.2. The van der Waals surface area contributed by atoms with Crippen LogP contribution in [0.3, 0.4) is 0 Å². The molecule has 0 spiro atoms. The van der Waals surface area contributed by atoms with Crippen molar-refractivity contribution in [1.82, 2.24) is 20.9 Å². The molecule has 5 amide bonds. The lowest BCUT2D eigenvalue weighted by Gasteiger charge is -2.34. The van der Waals surface area contributed by atoms with E-state index in [1.54, 1.807) is 4.90 Å². The van der Waals surface area contributed by atoms with Crippen LogP contribution in [-0.4, -0.2) is 70.9 Å². The predicted octanol–water partition coefficient (Wildman–Crippen LogP) is 3.52. The van der Waals surface area contributed by atoms with Gasteiger partial charge in [-0.2, -0.15) is 0 Å². The highest BCUT2D eigenvalue weighted by atomic mass is 16.2. The van der Waals surface area contributed by atoms with Crippen molar-refractivity contribution in [2.45, 2.75) is 147 Å². The largest absolute Gasteiger partial charge is 0.363 e. The van der Waals surface area contributed by atoms with E-state index < -0.39 is 47.8 Å². The lowest BCUT2D eigenvalue weighted by atomic mass is 9.81. The Kier molecular flexibility index (Phi) is 12.8. The van der Waals surface area contributed by atoms with Crippen LogP contribution in [0.25, 0.3) is 0 Å². The molecule has 5 atom stereocenters. The van der Waals surface area contributed by atoms with E-state index >= 15 is 0 Å². The fraction of sp³-hybridized carbons (Fsp3) is 0.824. The lowest BCUT2D eigenvalue weighted by molar-refractivity contribution is -0.143. The van der Waals surface area contributed by atoms with Gasteiger partial charge < -0.3 is 26.6 Å². The molecular formula is C34H55N5O6. The summed E-state index contributed by atoms with van der Waals surface area (Å²) >= 11 is 0. The molecule has 0 aromatic heterocycles. The molecule has 45 heavy (non-hydrogen) atoms. The van der Waals surface area contributed by atoms with Crippen LogP contribution in [0.5, 0.6) is 0 Å². The number of nitrogens with zero attached hydrogens (tertiary/aromatic N) is 1. The van der Waals surface area contributed by atoms with E-state index in [9.17, 15) is 28.8 Å². The van der Waals surface area contributed by atoms with Gasteiger partial charge in [0.15, 0.2) is 5.78 Å². The van der Waals surface area contributed by atoms with Crippen molar-refractivity contribution in [1.29, 1.82) is 0 Å². The molecule has 2 saturated carbocycles. The van der Waals surface area contributed by atoms with E-state index in [1.807, 2.05) is 13.8 Å². The Morgan fingerprint density at radius 2 is 1.38 bits per heavy atom. The number of nitrogens with one attached hydrogen (secondary N) is 3. The fourth-order valence-corrected chi connectivity index (χ4v) is 7.69. The molecule has 4 aliphatic rings. The SMILES string of the molecule is CC(C)[C@H]1CCN2C(=O)[C@@H](NC(=O)NC(C(=O)C3CC3)C3CCCCC3)CCCCCCCCC[C@@H](C(=O)C(N)=O)NC(=O)[C@H]12. The normalized spacial score (nSPS) is 28.6. The number of carbonyl (C=O) groups excluding carboxylic acids is 6. The quantitative estimate of drug-likeness (QED) is 0.300. The first kappa shape index (κ1) is 34.9. The third-order valence-electron chi connectivity index (χ3n) is 10.5. The molecule has 2 saturated heterocycles. The number of ketones is 2. The summed E-state index contributed by atoms with van der Waals surface area (Å²) in [5.74, 6) is -2.56. The second-order valence-corrected chi connectivity index (χ2v) is 14.2. The highest BCUT2D eigenvalue weighted by molar-refractivity contribution is 6.37. The molecule has 0 aromatic carbocycles. The second kappa shape index (κ2) is 16.5. The van der Waals surface area contributed by atoms with Gasteiger partial charge in [-0.1, -0.05) is 78.1 Å². The van der Waals surface area contributed by atoms with Crippen molar-refractivity contribution >= 4 is 35.3 Å². The highest BCUT2D eigenvalue weighted by Gasteiger charge is 2.46. The zero-order valence-electron chi connectivity index (χ0n) is 27.3. The van der Waals surface area contributed by atoms with E-state index in [4.69, 9.17) is 5.73 Å². The minimum Gasteiger partial charge on any atom is -0.363 e. The topological polar surface area (TPSA) is 168 Å². The molecule has 0 aromatic rings. The predicted molar refractivity (Wildman–Crippen MR) is 170 cm³/mol.